The summed E-state index contributed by atoms with van der Waals surface area (Å²) in [7, 11) is 0. The molecule has 0 unspecified atom stereocenters. The zero-order valence-electron chi connectivity index (χ0n) is 20.7. The standard InChI is InChI=1S/C26H35N3O4S2/c1-16(31)28-7-9-29(10-8-28)22(33)12-18-23-19(35-24(27-23)17-5-11-34-14-17)13-20-25(18,2)6-4-21(32)26(20,3)15-30/h5,11,14,18,20-21,30,32H,4,6-10,12-13,15H2,1-3H3/t18-,20+,21+,25-,26-/m0/s1. The maximum absolute atomic E-state index is 13.6. The summed E-state index contributed by atoms with van der Waals surface area (Å²) in [5, 5.41) is 26.5. The van der Waals surface area contributed by atoms with Crippen LogP contribution in [0.5, 0.6) is 0 Å². The number of carbonyl (C=O) groups is 2. The Labute approximate surface area is 214 Å². The van der Waals surface area contributed by atoms with Crippen LogP contribution in [0, 0.1) is 16.7 Å². The van der Waals surface area contributed by atoms with E-state index in [4.69, 9.17) is 4.98 Å². The van der Waals surface area contributed by atoms with Crippen molar-refractivity contribution in [2.75, 3.05) is 32.8 Å². The number of aliphatic hydroxyl groups excluding tert-OH is 2. The van der Waals surface area contributed by atoms with Gasteiger partial charge in [0, 0.05) is 66.7 Å². The van der Waals surface area contributed by atoms with Crippen LogP contribution in [0.4, 0.5) is 0 Å². The van der Waals surface area contributed by atoms with E-state index in [1.54, 1.807) is 34.5 Å². The first kappa shape index (κ1) is 24.9. The molecule has 2 N–H and O–H groups in total. The summed E-state index contributed by atoms with van der Waals surface area (Å²) in [6, 6.07) is 2.08. The van der Waals surface area contributed by atoms with Crippen LogP contribution < -0.4 is 0 Å². The minimum Gasteiger partial charge on any atom is -0.396 e. The van der Waals surface area contributed by atoms with Crippen LogP contribution >= 0.6 is 22.7 Å². The topological polar surface area (TPSA) is 94.0 Å². The van der Waals surface area contributed by atoms with Crippen LogP contribution in [-0.2, 0) is 16.0 Å². The first-order valence-electron chi connectivity index (χ1n) is 12.5. The van der Waals surface area contributed by atoms with Gasteiger partial charge in [0.2, 0.25) is 11.8 Å². The summed E-state index contributed by atoms with van der Waals surface area (Å²) in [6.07, 6.45) is 1.99. The zero-order valence-corrected chi connectivity index (χ0v) is 22.3. The number of fused-ring (bicyclic) bond motifs is 2. The number of amides is 2. The van der Waals surface area contributed by atoms with E-state index >= 15 is 0 Å². The van der Waals surface area contributed by atoms with Crippen molar-refractivity contribution in [1.29, 1.82) is 0 Å². The molecule has 5 rings (SSSR count). The number of piperazine rings is 1. The van der Waals surface area contributed by atoms with Gasteiger partial charge in [-0.1, -0.05) is 13.8 Å². The second-order valence-corrected chi connectivity index (χ2v) is 12.8. The van der Waals surface area contributed by atoms with Crippen LogP contribution in [0.1, 0.15) is 56.5 Å². The third kappa shape index (κ3) is 4.14. The molecule has 0 bridgehead atoms. The largest absolute Gasteiger partial charge is 0.396 e. The van der Waals surface area contributed by atoms with Gasteiger partial charge in [-0.2, -0.15) is 11.3 Å². The molecule has 190 valence electrons. The second-order valence-electron chi connectivity index (χ2n) is 11.0. The number of aromatic nitrogens is 1. The molecule has 1 saturated heterocycles. The Bertz CT molecular complexity index is 1090. The molecule has 0 aromatic carbocycles. The lowest BCUT2D eigenvalue weighted by Gasteiger charge is -2.58. The van der Waals surface area contributed by atoms with Gasteiger partial charge in [-0.25, -0.2) is 4.98 Å². The molecule has 7 nitrogen and oxygen atoms in total. The van der Waals surface area contributed by atoms with E-state index in [1.165, 1.54) is 4.88 Å². The van der Waals surface area contributed by atoms with Crippen molar-refractivity contribution in [3.63, 3.8) is 0 Å². The van der Waals surface area contributed by atoms with Gasteiger partial charge in [0.25, 0.3) is 0 Å². The minimum atomic E-state index is -0.619. The fourth-order valence-electron chi connectivity index (χ4n) is 6.73. The van der Waals surface area contributed by atoms with Crippen molar-refractivity contribution in [3.8, 4) is 10.6 Å². The average molecular weight is 518 g/mol. The van der Waals surface area contributed by atoms with Crippen molar-refractivity contribution >= 4 is 34.5 Å². The van der Waals surface area contributed by atoms with Crippen molar-refractivity contribution in [2.24, 2.45) is 16.7 Å². The number of aliphatic hydroxyl groups is 2. The Balaban J connectivity index is 1.49. The van der Waals surface area contributed by atoms with Crippen molar-refractivity contribution in [2.45, 2.75) is 58.5 Å². The molecule has 2 fully saturated rings. The Morgan fingerprint density at radius 1 is 1.20 bits per heavy atom. The van der Waals surface area contributed by atoms with E-state index in [9.17, 15) is 19.8 Å². The summed E-state index contributed by atoms with van der Waals surface area (Å²) < 4.78 is 0. The molecule has 9 heteroatoms. The number of hydrogen-bond acceptors (Lipinski definition) is 7. The van der Waals surface area contributed by atoms with E-state index in [0.29, 0.717) is 39.0 Å². The molecule has 1 aliphatic heterocycles. The van der Waals surface area contributed by atoms with Crippen LogP contribution in [0.3, 0.4) is 0 Å². The highest BCUT2D eigenvalue weighted by molar-refractivity contribution is 7.15. The van der Waals surface area contributed by atoms with Gasteiger partial charge in [-0.15, -0.1) is 11.3 Å². The van der Waals surface area contributed by atoms with Gasteiger partial charge in [0.05, 0.1) is 18.4 Å². The number of hydrogen-bond donors (Lipinski definition) is 2. The van der Waals surface area contributed by atoms with E-state index in [1.807, 2.05) is 11.8 Å². The Hall–Kier alpha value is -1.81. The highest BCUT2D eigenvalue weighted by Crippen LogP contribution is 2.63. The van der Waals surface area contributed by atoms with Gasteiger partial charge in [0.1, 0.15) is 5.01 Å². The van der Waals surface area contributed by atoms with Gasteiger partial charge in [-0.05, 0) is 42.0 Å². The number of nitrogens with zero attached hydrogens (tertiary/aromatic N) is 3. The molecule has 2 aliphatic carbocycles. The van der Waals surface area contributed by atoms with E-state index in [0.717, 1.165) is 29.1 Å². The second kappa shape index (κ2) is 9.25. The fraction of sp³-hybridized carbons (Fsp3) is 0.654. The highest BCUT2D eigenvalue weighted by atomic mass is 32.1. The Kier molecular flexibility index (Phi) is 6.57. The predicted molar refractivity (Wildman–Crippen MR) is 137 cm³/mol. The normalized spacial score (nSPS) is 32.8. The zero-order chi connectivity index (χ0) is 25.0. The molecule has 1 saturated carbocycles. The van der Waals surface area contributed by atoms with Crippen LogP contribution in [-0.4, -0.2) is 75.7 Å². The molecule has 35 heavy (non-hydrogen) atoms. The van der Waals surface area contributed by atoms with E-state index in [2.05, 4.69) is 23.8 Å². The number of thiazole rings is 1. The smallest absolute Gasteiger partial charge is 0.223 e. The van der Waals surface area contributed by atoms with Crippen molar-refractivity contribution < 1.29 is 19.8 Å². The Morgan fingerprint density at radius 2 is 1.91 bits per heavy atom. The SMILES string of the molecule is CC(=O)N1CCN(C(=O)C[C@H]2c3nc(-c4ccsc4)sc3C[C@H]3[C@](C)(CO)[C@H](O)CC[C@]32C)CC1. The molecule has 5 atom stereocenters. The first-order valence-corrected chi connectivity index (χ1v) is 14.3. The molecular formula is C26H35N3O4S2. The summed E-state index contributed by atoms with van der Waals surface area (Å²) in [4.78, 5) is 35.3. The lowest BCUT2D eigenvalue weighted by atomic mass is 9.47. The number of thiophene rings is 1. The minimum absolute atomic E-state index is 0.0526. The molecule has 2 aromatic rings. The summed E-state index contributed by atoms with van der Waals surface area (Å²) in [5.74, 6) is 0.140. The molecule has 0 spiro atoms. The Morgan fingerprint density at radius 3 is 2.54 bits per heavy atom. The van der Waals surface area contributed by atoms with Crippen LogP contribution in [0.25, 0.3) is 10.6 Å². The average Bonchev–Trinajstić information content (AvgIpc) is 3.53. The quantitative estimate of drug-likeness (QED) is 0.649. The number of rotatable bonds is 4. The molecule has 2 aromatic heterocycles. The fourth-order valence-corrected chi connectivity index (χ4v) is 8.61. The highest BCUT2D eigenvalue weighted by Gasteiger charge is 2.59. The molecule has 3 heterocycles. The third-order valence-corrected chi connectivity index (χ3v) is 10.9. The summed E-state index contributed by atoms with van der Waals surface area (Å²) in [5.41, 5.74) is 1.27. The maximum Gasteiger partial charge on any atom is 0.223 e. The van der Waals surface area contributed by atoms with E-state index in [-0.39, 0.29) is 35.7 Å². The third-order valence-electron chi connectivity index (χ3n) is 9.12. The van der Waals surface area contributed by atoms with Crippen molar-refractivity contribution in [3.05, 3.63) is 27.4 Å². The van der Waals surface area contributed by atoms with Gasteiger partial charge in [-0.3, -0.25) is 9.59 Å². The molecule has 0 radical (unpaired) electrons. The monoisotopic (exact) mass is 517 g/mol. The van der Waals surface area contributed by atoms with Crippen molar-refractivity contribution in [1.82, 2.24) is 14.8 Å². The number of carbonyl (C=O) groups excluding carboxylic acids is 2. The van der Waals surface area contributed by atoms with Crippen LogP contribution in [0.2, 0.25) is 0 Å². The maximum atomic E-state index is 13.6. The van der Waals surface area contributed by atoms with Gasteiger partial charge < -0.3 is 20.0 Å². The van der Waals surface area contributed by atoms with Gasteiger partial charge >= 0.3 is 0 Å². The summed E-state index contributed by atoms with van der Waals surface area (Å²) >= 11 is 3.34. The van der Waals surface area contributed by atoms with Crippen LogP contribution in [0.15, 0.2) is 16.8 Å². The van der Waals surface area contributed by atoms with E-state index < -0.39 is 11.5 Å². The molecular weight excluding hydrogens is 482 g/mol. The molecule has 2 amide bonds. The predicted octanol–water partition coefficient (Wildman–Crippen LogP) is 3.37. The first-order chi connectivity index (χ1) is 16.7. The molecule has 3 aliphatic rings. The lowest BCUT2D eigenvalue weighted by Crippen LogP contribution is -2.58. The lowest BCUT2D eigenvalue weighted by molar-refractivity contribution is -0.149. The van der Waals surface area contributed by atoms with Gasteiger partial charge in [0.15, 0.2) is 0 Å². The summed E-state index contributed by atoms with van der Waals surface area (Å²) in [6.45, 7) is 8.01.